The van der Waals surface area contributed by atoms with Crippen LogP contribution in [0.5, 0.6) is 0 Å². The Hall–Kier alpha value is -2.80. The van der Waals surface area contributed by atoms with Gasteiger partial charge in [0.1, 0.15) is 0 Å². The highest BCUT2D eigenvalue weighted by Crippen LogP contribution is 2.09. The summed E-state index contributed by atoms with van der Waals surface area (Å²) < 4.78 is 0. The van der Waals surface area contributed by atoms with E-state index in [2.05, 4.69) is 16.6 Å². The van der Waals surface area contributed by atoms with Crippen LogP contribution in [0.4, 0.5) is 5.69 Å². The molecule has 0 aliphatic carbocycles. The zero-order valence-electron chi connectivity index (χ0n) is 11.2. The van der Waals surface area contributed by atoms with E-state index in [1.165, 1.54) is 6.08 Å². The number of terminal acetylenes is 1. The lowest BCUT2D eigenvalue weighted by Crippen LogP contribution is -2.31. The van der Waals surface area contributed by atoms with E-state index < -0.39 is 0 Å². The van der Waals surface area contributed by atoms with Gasteiger partial charge >= 0.3 is 0 Å². The number of carbonyl (C=O) groups is 2. The van der Waals surface area contributed by atoms with Gasteiger partial charge < -0.3 is 10.6 Å². The van der Waals surface area contributed by atoms with Crippen molar-refractivity contribution in [3.8, 4) is 12.3 Å². The fourth-order valence-electron chi connectivity index (χ4n) is 1.37. The van der Waals surface area contributed by atoms with Crippen LogP contribution in [-0.2, 0) is 9.59 Å². The van der Waals surface area contributed by atoms with Crippen LogP contribution in [0.3, 0.4) is 0 Å². The summed E-state index contributed by atoms with van der Waals surface area (Å²) in [6.45, 7) is 1.75. The molecule has 0 bridgehead atoms. The van der Waals surface area contributed by atoms with Gasteiger partial charge in [-0.25, -0.2) is 0 Å². The summed E-state index contributed by atoms with van der Waals surface area (Å²) in [4.78, 5) is 23.0. The first-order valence-corrected chi connectivity index (χ1v) is 6.09. The van der Waals surface area contributed by atoms with E-state index in [1.54, 1.807) is 42.5 Å². The van der Waals surface area contributed by atoms with Crippen LogP contribution in [0.2, 0.25) is 0 Å². The van der Waals surface area contributed by atoms with Gasteiger partial charge in [-0.1, -0.05) is 30.2 Å². The number of hydrogen-bond donors (Lipinski definition) is 2. The molecule has 0 aliphatic rings. The minimum atomic E-state index is -0.323. The molecule has 20 heavy (non-hydrogen) atoms. The Kier molecular flexibility index (Phi) is 6.35. The highest BCUT2D eigenvalue weighted by molar-refractivity contribution is 5.96. The number of nitrogens with one attached hydrogen (secondary N) is 2. The number of allylic oxidation sites excluding steroid dienone is 3. The Balaban J connectivity index is 2.44. The molecule has 1 aromatic carbocycles. The number of rotatable bonds is 5. The first kappa shape index (κ1) is 15.3. The minimum absolute atomic E-state index is 0.0979. The summed E-state index contributed by atoms with van der Waals surface area (Å²) in [6, 6.07) is 6.94. The van der Waals surface area contributed by atoms with Gasteiger partial charge in [0, 0.05) is 17.3 Å². The van der Waals surface area contributed by atoms with Gasteiger partial charge in [-0.05, 0) is 25.1 Å². The molecule has 4 nitrogen and oxygen atoms in total. The van der Waals surface area contributed by atoms with Crippen LogP contribution in [0, 0.1) is 12.3 Å². The molecule has 0 fully saturated rings. The van der Waals surface area contributed by atoms with Gasteiger partial charge in [-0.2, -0.15) is 0 Å². The van der Waals surface area contributed by atoms with Crippen LogP contribution in [0.1, 0.15) is 12.5 Å². The van der Waals surface area contributed by atoms with Crippen LogP contribution in [-0.4, -0.2) is 18.4 Å². The largest absolute Gasteiger partial charge is 0.343 e. The third-order valence-electron chi connectivity index (χ3n) is 2.29. The fourth-order valence-corrected chi connectivity index (χ4v) is 1.37. The third kappa shape index (κ3) is 5.69. The Morgan fingerprint density at radius 2 is 2.15 bits per heavy atom. The lowest BCUT2D eigenvalue weighted by molar-refractivity contribution is -0.121. The Bertz CT molecular complexity index is 580. The van der Waals surface area contributed by atoms with Crippen molar-refractivity contribution in [1.29, 1.82) is 0 Å². The molecule has 2 amide bonds. The Labute approximate surface area is 118 Å². The van der Waals surface area contributed by atoms with Gasteiger partial charge in [0.05, 0.1) is 6.54 Å². The summed E-state index contributed by atoms with van der Waals surface area (Å²) in [5.41, 5.74) is 1.28. The van der Waals surface area contributed by atoms with Crippen molar-refractivity contribution in [2.75, 3.05) is 11.9 Å². The second kappa shape index (κ2) is 8.33. The summed E-state index contributed by atoms with van der Waals surface area (Å²) in [6.07, 6.45) is 11.8. The zero-order valence-corrected chi connectivity index (χ0v) is 11.2. The standard InChI is InChI=1S/C16H16N2O2/c1-3-5-6-10-15(19)17-12-16(20)18-14-9-7-8-13(4-2)11-14/h2-3,5-11H,12H2,1H3,(H,17,19)(H,18,20)/b5-3+,10-6+. The van der Waals surface area contributed by atoms with Crippen molar-refractivity contribution in [2.45, 2.75) is 6.92 Å². The molecule has 0 saturated carbocycles. The van der Waals surface area contributed by atoms with Crippen molar-refractivity contribution >= 4 is 17.5 Å². The quantitative estimate of drug-likeness (QED) is 0.486. The molecule has 0 radical (unpaired) electrons. The normalized spacial score (nSPS) is 10.4. The Morgan fingerprint density at radius 1 is 1.35 bits per heavy atom. The summed E-state index contributed by atoms with van der Waals surface area (Å²) in [5.74, 6) is 1.85. The molecule has 0 spiro atoms. The van der Waals surface area contributed by atoms with Crippen molar-refractivity contribution in [2.24, 2.45) is 0 Å². The molecular formula is C16H16N2O2. The van der Waals surface area contributed by atoms with Gasteiger partial charge in [0.15, 0.2) is 0 Å². The number of amides is 2. The van der Waals surface area contributed by atoms with E-state index in [9.17, 15) is 9.59 Å². The number of benzene rings is 1. The molecule has 0 atom stereocenters. The third-order valence-corrected chi connectivity index (χ3v) is 2.29. The molecule has 0 saturated heterocycles. The van der Waals surface area contributed by atoms with Crippen LogP contribution >= 0.6 is 0 Å². The maximum absolute atomic E-state index is 11.6. The molecule has 0 aromatic heterocycles. The highest BCUT2D eigenvalue weighted by Gasteiger charge is 2.03. The van der Waals surface area contributed by atoms with Gasteiger partial charge in [0.25, 0.3) is 0 Å². The predicted molar refractivity (Wildman–Crippen MR) is 80.0 cm³/mol. The van der Waals surface area contributed by atoms with E-state index in [0.29, 0.717) is 11.3 Å². The van der Waals surface area contributed by atoms with Crippen molar-refractivity contribution in [1.82, 2.24) is 5.32 Å². The topological polar surface area (TPSA) is 58.2 Å². The number of anilines is 1. The lowest BCUT2D eigenvalue weighted by atomic mass is 10.2. The summed E-state index contributed by atoms with van der Waals surface area (Å²) in [7, 11) is 0. The van der Waals surface area contributed by atoms with E-state index in [4.69, 9.17) is 6.42 Å². The zero-order chi connectivity index (χ0) is 14.8. The molecule has 102 valence electrons. The van der Waals surface area contributed by atoms with Gasteiger partial charge in [0.2, 0.25) is 11.8 Å². The van der Waals surface area contributed by atoms with Crippen LogP contribution in [0.15, 0.2) is 48.6 Å². The van der Waals surface area contributed by atoms with E-state index >= 15 is 0 Å². The number of carbonyl (C=O) groups excluding carboxylic acids is 2. The van der Waals surface area contributed by atoms with Crippen LogP contribution in [0.25, 0.3) is 0 Å². The summed E-state index contributed by atoms with van der Waals surface area (Å²) >= 11 is 0. The first-order chi connectivity index (χ1) is 9.65. The second-order valence-corrected chi connectivity index (χ2v) is 3.88. The first-order valence-electron chi connectivity index (χ1n) is 6.09. The van der Waals surface area contributed by atoms with E-state index in [-0.39, 0.29) is 18.4 Å². The Morgan fingerprint density at radius 3 is 2.85 bits per heavy atom. The average molecular weight is 268 g/mol. The van der Waals surface area contributed by atoms with E-state index in [0.717, 1.165) is 0 Å². The monoisotopic (exact) mass is 268 g/mol. The second-order valence-electron chi connectivity index (χ2n) is 3.88. The minimum Gasteiger partial charge on any atom is -0.343 e. The smallest absolute Gasteiger partial charge is 0.244 e. The highest BCUT2D eigenvalue weighted by atomic mass is 16.2. The van der Waals surface area contributed by atoms with Crippen molar-refractivity contribution < 1.29 is 9.59 Å². The van der Waals surface area contributed by atoms with Crippen molar-refractivity contribution in [3.63, 3.8) is 0 Å². The van der Waals surface area contributed by atoms with Gasteiger partial charge in [-0.3, -0.25) is 9.59 Å². The molecule has 0 unspecified atom stereocenters. The fraction of sp³-hybridized carbons (Fsp3) is 0.125. The molecule has 4 heteroatoms. The average Bonchev–Trinajstić information content (AvgIpc) is 2.45. The van der Waals surface area contributed by atoms with E-state index in [1.807, 2.05) is 6.92 Å². The molecule has 0 aliphatic heterocycles. The molecule has 1 aromatic rings. The molecule has 2 N–H and O–H groups in total. The predicted octanol–water partition coefficient (Wildman–Crippen LogP) is 1.85. The SMILES string of the molecule is C#Cc1cccc(NC(=O)CNC(=O)/C=C/C=C/C)c1. The van der Waals surface area contributed by atoms with Crippen molar-refractivity contribution in [3.05, 3.63) is 54.1 Å². The molecule has 1 rings (SSSR count). The number of hydrogen-bond acceptors (Lipinski definition) is 2. The maximum Gasteiger partial charge on any atom is 0.244 e. The maximum atomic E-state index is 11.6. The molecular weight excluding hydrogens is 252 g/mol. The van der Waals surface area contributed by atoms with Gasteiger partial charge in [-0.15, -0.1) is 6.42 Å². The summed E-state index contributed by atoms with van der Waals surface area (Å²) in [5, 5.41) is 5.13. The molecule has 0 heterocycles. The van der Waals surface area contributed by atoms with Crippen LogP contribution < -0.4 is 10.6 Å². The lowest BCUT2D eigenvalue weighted by Gasteiger charge is -2.06.